The molecule has 1 aromatic heterocycles. The summed E-state index contributed by atoms with van der Waals surface area (Å²) in [4.78, 5) is 9.51. The van der Waals surface area contributed by atoms with Gasteiger partial charge in [-0.2, -0.15) is 0 Å². The van der Waals surface area contributed by atoms with Gasteiger partial charge in [0.1, 0.15) is 16.0 Å². The third kappa shape index (κ3) is 3.99. The van der Waals surface area contributed by atoms with E-state index in [1.165, 1.54) is 11.8 Å². The predicted molar refractivity (Wildman–Crippen MR) is 81.7 cm³/mol. The van der Waals surface area contributed by atoms with E-state index in [-0.39, 0.29) is 5.92 Å². The number of halogens is 3. The minimum atomic E-state index is 0.216. The lowest BCUT2D eigenvalue weighted by Gasteiger charge is -2.08. The van der Waals surface area contributed by atoms with E-state index in [4.69, 9.17) is 34.8 Å². The molecule has 2 rings (SSSR count). The molecule has 100 valence electrons. The summed E-state index contributed by atoms with van der Waals surface area (Å²) >= 11 is 19.5. The minimum absolute atomic E-state index is 0.216. The number of nitrogens with zero attached hydrogens (tertiary/aromatic N) is 2. The Morgan fingerprint density at radius 3 is 2.47 bits per heavy atom. The Labute approximate surface area is 131 Å². The molecule has 0 atom stereocenters. The average Bonchev–Trinajstić information content (AvgIpc) is 2.33. The normalized spacial score (nSPS) is 11.1. The Bertz CT molecular complexity index is 602. The van der Waals surface area contributed by atoms with Crippen LogP contribution in [0.25, 0.3) is 0 Å². The van der Waals surface area contributed by atoms with Gasteiger partial charge in [0.15, 0.2) is 0 Å². The van der Waals surface area contributed by atoms with Gasteiger partial charge >= 0.3 is 0 Å². The fourth-order valence-electron chi connectivity index (χ4n) is 1.39. The van der Waals surface area contributed by atoms with Crippen LogP contribution in [0.1, 0.15) is 25.6 Å². The highest BCUT2D eigenvalue weighted by Gasteiger charge is 2.10. The summed E-state index contributed by atoms with van der Waals surface area (Å²) in [6.07, 6.45) is 0. The largest absolute Gasteiger partial charge is 0.226 e. The van der Waals surface area contributed by atoms with Crippen LogP contribution in [0.5, 0.6) is 0 Å². The summed E-state index contributed by atoms with van der Waals surface area (Å²) in [6, 6.07) is 7.04. The van der Waals surface area contributed by atoms with Gasteiger partial charge in [-0.05, 0) is 18.2 Å². The molecule has 0 aliphatic carbocycles. The van der Waals surface area contributed by atoms with Crippen molar-refractivity contribution in [3.8, 4) is 0 Å². The second kappa shape index (κ2) is 6.31. The summed E-state index contributed by atoms with van der Waals surface area (Å²) in [5.41, 5.74) is 0. The molecule has 19 heavy (non-hydrogen) atoms. The first-order valence-electron chi connectivity index (χ1n) is 5.63. The van der Waals surface area contributed by atoms with Gasteiger partial charge in [-0.15, -0.1) is 0 Å². The van der Waals surface area contributed by atoms with Gasteiger partial charge in [-0.1, -0.05) is 60.4 Å². The van der Waals surface area contributed by atoms with Crippen LogP contribution in [-0.2, 0) is 0 Å². The van der Waals surface area contributed by atoms with Crippen LogP contribution in [0.2, 0.25) is 15.2 Å². The third-order valence-electron chi connectivity index (χ3n) is 2.31. The zero-order chi connectivity index (χ0) is 14.0. The first-order chi connectivity index (χ1) is 8.95. The molecular formula is C13H11Cl3N2S. The molecule has 2 nitrogen and oxygen atoms in total. The highest BCUT2D eigenvalue weighted by Crippen LogP contribution is 2.35. The molecule has 0 fully saturated rings. The molecule has 0 bridgehead atoms. The summed E-state index contributed by atoms with van der Waals surface area (Å²) in [6.45, 7) is 4.04. The van der Waals surface area contributed by atoms with E-state index in [0.717, 1.165) is 9.92 Å². The molecule has 0 amide bonds. The van der Waals surface area contributed by atoms with Gasteiger partial charge in [0.2, 0.25) is 0 Å². The van der Waals surface area contributed by atoms with E-state index in [0.29, 0.717) is 21.0 Å². The number of rotatable bonds is 3. The molecule has 0 spiro atoms. The second-order valence-electron chi connectivity index (χ2n) is 4.22. The summed E-state index contributed by atoms with van der Waals surface area (Å²) in [7, 11) is 0. The highest BCUT2D eigenvalue weighted by molar-refractivity contribution is 7.99. The van der Waals surface area contributed by atoms with E-state index in [9.17, 15) is 0 Å². The van der Waals surface area contributed by atoms with Crippen LogP contribution in [0.4, 0.5) is 0 Å². The lowest BCUT2D eigenvalue weighted by molar-refractivity contribution is 0.753. The van der Waals surface area contributed by atoms with Gasteiger partial charge in [0, 0.05) is 21.9 Å². The number of benzene rings is 1. The summed E-state index contributed by atoms with van der Waals surface area (Å²) < 4.78 is 0. The van der Waals surface area contributed by atoms with Crippen molar-refractivity contribution >= 4 is 46.6 Å². The lowest BCUT2D eigenvalue weighted by atomic mass is 10.2. The van der Waals surface area contributed by atoms with Crippen LogP contribution in [0.15, 0.2) is 34.2 Å². The average molecular weight is 334 g/mol. The van der Waals surface area contributed by atoms with Crippen LogP contribution in [-0.4, -0.2) is 9.97 Å². The van der Waals surface area contributed by atoms with Crippen LogP contribution >= 0.6 is 46.6 Å². The van der Waals surface area contributed by atoms with E-state index in [1.54, 1.807) is 24.3 Å². The molecule has 0 radical (unpaired) electrons. The summed E-state index contributed by atoms with van der Waals surface area (Å²) in [5.74, 6) is 0.932. The van der Waals surface area contributed by atoms with E-state index >= 15 is 0 Å². The maximum atomic E-state index is 6.13. The monoisotopic (exact) mass is 332 g/mol. The molecule has 1 aromatic carbocycles. The SMILES string of the molecule is CC(C)c1nc(Cl)cc(Sc2cc(Cl)ccc2Cl)n1. The molecule has 2 aromatic rings. The fourth-order valence-corrected chi connectivity index (χ4v) is 3.00. The topological polar surface area (TPSA) is 25.8 Å². The molecule has 0 unspecified atom stereocenters. The van der Waals surface area contributed by atoms with E-state index in [2.05, 4.69) is 9.97 Å². The number of hydrogen-bond donors (Lipinski definition) is 0. The molecule has 0 saturated carbocycles. The summed E-state index contributed by atoms with van der Waals surface area (Å²) in [5, 5.41) is 2.46. The van der Waals surface area contributed by atoms with Crippen LogP contribution in [0, 0.1) is 0 Å². The maximum absolute atomic E-state index is 6.13. The van der Waals surface area contributed by atoms with Gasteiger partial charge in [0.05, 0.1) is 5.02 Å². The van der Waals surface area contributed by atoms with Crippen LogP contribution < -0.4 is 0 Å². The number of hydrogen-bond acceptors (Lipinski definition) is 3. The maximum Gasteiger partial charge on any atom is 0.133 e. The van der Waals surface area contributed by atoms with Crippen molar-refractivity contribution in [1.82, 2.24) is 9.97 Å². The van der Waals surface area contributed by atoms with Crippen molar-refractivity contribution in [1.29, 1.82) is 0 Å². The smallest absolute Gasteiger partial charge is 0.133 e. The minimum Gasteiger partial charge on any atom is -0.226 e. The van der Waals surface area contributed by atoms with Crippen molar-refractivity contribution in [3.63, 3.8) is 0 Å². The molecule has 0 aliphatic rings. The highest BCUT2D eigenvalue weighted by atomic mass is 35.5. The zero-order valence-corrected chi connectivity index (χ0v) is 13.4. The molecule has 0 saturated heterocycles. The van der Waals surface area contributed by atoms with Crippen molar-refractivity contribution in [2.45, 2.75) is 29.7 Å². The fraction of sp³-hybridized carbons (Fsp3) is 0.231. The third-order valence-corrected chi connectivity index (χ3v) is 4.16. The van der Waals surface area contributed by atoms with Crippen molar-refractivity contribution in [3.05, 3.63) is 45.3 Å². The Kier molecular flexibility index (Phi) is 4.96. The molecule has 6 heteroatoms. The van der Waals surface area contributed by atoms with Crippen LogP contribution in [0.3, 0.4) is 0 Å². The van der Waals surface area contributed by atoms with Crippen molar-refractivity contribution < 1.29 is 0 Å². The van der Waals surface area contributed by atoms with Gasteiger partial charge in [-0.3, -0.25) is 0 Å². The van der Waals surface area contributed by atoms with Gasteiger partial charge in [0.25, 0.3) is 0 Å². The molecule has 0 aliphatic heterocycles. The van der Waals surface area contributed by atoms with E-state index in [1.807, 2.05) is 13.8 Å². The standard InChI is InChI=1S/C13H11Cl3N2S/c1-7(2)13-17-11(16)6-12(18-13)19-10-5-8(14)3-4-9(10)15/h3-7H,1-2H3. The van der Waals surface area contributed by atoms with E-state index < -0.39 is 0 Å². The Hall–Kier alpha value is -0.480. The quantitative estimate of drug-likeness (QED) is 0.673. The molecule has 1 heterocycles. The predicted octanol–water partition coefficient (Wildman–Crippen LogP) is 5.71. The molecule has 0 N–H and O–H groups in total. The van der Waals surface area contributed by atoms with Crippen molar-refractivity contribution in [2.75, 3.05) is 0 Å². The van der Waals surface area contributed by atoms with Gasteiger partial charge in [-0.25, -0.2) is 9.97 Å². The Balaban J connectivity index is 2.35. The second-order valence-corrected chi connectivity index (χ2v) is 6.51. The lowest BCUT2D eigenvalue weighted by Crippen LogP contribution is -1.98. The Morgan fingerprint density at radius 2 is 1.79 bits per heavy atom. The first-order valence-corrected chi connectivity index (χ1v) is 7.58. The Morgan fingerprint density at radius 1 is 1.05 bits per heavy atom. The first kappa shape index (κ1) is 14.9. The molecular weight excluding hydrogens is 323 g/mol. The van der Waals surface area contributed by atoms with Gasteiger partial charge < -0.3 is 0 Å². The zero-order valence-electron chi connectivity index (χ0n) is 10.3. The number of aromatic nitrogens is 2. The van der Waals surface area contributed by atoms with Crippen molar-refractivity contribution in [2.24, 2.45) is 0 Å².